The first-order valence-electron chi connectivity index (χ1n) is 7.44. The molecule has 0 spiro atoms. The molecule has 0 heterocycles. The fourth-order valence-corrected chi connectivity index (χ4v) is 2.43. The fourth-order valence-electron chi connectivity index (χ4n) is 2.43. The zero-order chi connectivity index (χ0) is 15.1. The largest absolute Gasteiger partial charge is 0.351 e. The van der Waals surface area contributed by atoms with Crippen LogP contribution in [0.3, 0.4) is 0 Å². The molecule has 0 saturated carbocycles. The lowest BCUT2D eigenvalue weighted by atomic mass is 9.78. The van der Waals surface area contributed by atoms with Crippen LogP contribution in [0.1, 0.15) is 80.1 Å². The number of Topliss-reactive ketones (excluding diaryl/α,β-unsaturated/α-hetero) is 1. The number of rotatable bonds is 9. The van der Waals surface area contributed by atoms with Crippen LogP contribution in [0, 0.1) is 5.41 Å². The summed E-state index contributed by atoms with van der Waals surface area (Å²) >= 11 is 0. The molecule has 19 heavy (non-hydrogen) atoms. The summed E-state index contributed by atoms with van der Waals surface area (Å²) < 4.78 is 0. The van der Waals surface area contributed by atoms with Crippen molar-refractivity contribution < 1.29 is 9.59 Å². The van der Waals surface area contributed by atoms with Gasteiger partial charge in [0.1, 0.15) is 5.78 Å². The first-order valence-corrected chi connectivity index (χ1v) is 7.44. The van der Waals surface area contributed by atoms with Crippen LogP contribution in [0.5, 0.6) is 0 Å². The van der Waals surface area contributed by atoms with Crippen molar-refractivity contribution in [1.82, 2.24) is 5.32 Å². The van der Waals surface area contributed by atoms with Gasteiger partial charge < -0.3 is 5.32 Å². The SMILES string of the molecule is CCC(=O)CCCC(=O)NC(C)(C)CC(C)(C)CC. The molecule has 0 fully saturated rings. The van der Waals surface area contributed by atoms with E-state index in [2.05, 4.69) is 39.9 Å². The first-order chi connectivity index (χ1) is 8.62. The molecule has 0 aliphatic carbocycles. The summed E-state index contributed by atoms with van der Waals surface area (Å²) in [5.74, 6) is 0.292. The second-order valence-electron chi connectivity index (χ2n) is 6.87. The Balaban J connectivity index is 4.13. The molecule has 112 valence electrons. The third-order valence-electron chi connectivity index (χ3n) is 3.61. The molecule has 0 rings (SSSR count). The van der Waals surface area contributed by atoms with Crippen LogP contribution in [-0.2, 0) is 9.59 Å². The van der Waals surface area contributed by atoms with E-state index in [1.807, 2.05) is 6.92 Å². The van der Waals surface area contributed by atoms with Crippen LogP contribution in [0.15, 0.2) is 0 Å². The van der Waals surface area contributed by atoms with Crippen molar-refractivity contribution in [2.24, 2.45) is 5.41 Å². The highest BCUT2D eigenvalue weighted by Crippen LogP contribution is 2.30. The minimum Gasteiger partial charge on any atom is -0.351 e. The average molecular weight is 269 g/mol. The van der Waals surface area contributed by atoms with Crippen molar-refractivity contribution in [2.45, 2.75) is 85.6 Å². The van der Waals surface area contributed by atoms with Crippen LogP contribution in [0.4, 0.5) is 0 Å². The molecule has 0 radical (unpaired) electrons. The third-order valence-corrected chi connectivity index (χ3v) is 3.61. The van der Waals surface area contributed by atoms with E-state index in [1.54, 1.807) is 0 Å². The van der Waals surface area contributed by atoms with Crippen LogP contribution >= 0.6 is 0 Å². The number of ketones is 1. The Bertz CT molecular complexity index is 306. The van der Waals surface area contributed by atoms with E-state index in [1.165, 1.54) is 0 Å². The number of amides is 1. The predicted octanol–water partition coefficient (Wildman–Crippen LogP) is 3.86. The van der Waals surface area contributed by atoms with E-state index in [9.17, 15) is 9.59 Å². The highest BCUT2D eigenvalue weighted by Gasteiger charge is 2.28. The van der Waals surface area contributed by atoms with Crippen molar-refractivity contribution in [3.05, 3.63) is 0 Å². The number of hydrogen-bond acceptors (Lipinski definition) is 2. The molecule has 0 aromatic rings. The molecule has 1 amide bonds. The molecule has 0 aromatic heterocycles. The summed E-state index contributed by atoms with van der Waals surface area (Å²) in [6.07, 6.45) is 4.24. The zero-order valence-corrected chi connectivity index (χ0v) is 13.6. The highest BCUT2D eigenvalue weighted by molar-refractivity contribution is 5.80. The third kappa shape index (κ3) is 8.79. The summed E-state index contributed by atoms with van der Waals surface area (Å²) in [4.78, 5) is 23.1. The van der Waals surface area contributed by atoms with E-state index in [-0.39, 0.29) is 22.6 Å². The van der Waals surface area contributed by atoms with Crippen molar-refractivity contribution in [1.29, 1.82) is 0 Å². The second kappa shape index (κ2) is 7.66. The van der Waals surface area contributed by atoms with Crippen molar-refractivity contribution in [2.75, 3.05) is 0 Å². The van der Waals surface area contributed by atoms with E-state index in [4.69, 9.17) is 0 Å². The van der Waals surface area contributed by atoms with Crippen LogP contribution in [-0.4, -0.2) is 17.2 Å². The van der Waals surface area contributed by atoms with Crippen LogP contribution < -0.4 is 5.32 Å². The molecular weight excluding hydrogens is 238 g/mol. The van der Waals surface area contributed by atoms with E-state index in [0.717, 1.165) is 12.8 Å². The molecule has 0 aromatic carbocycles. The number of nitrogens with one attached hydrogen (secondary N) is 1. The second-order valence-corrected chi connectivity index (χ2v) is 6.87. The van der Waals surface area contributed by atoms with Gasteiger partial charge in [-0.3, -0.25) is 9.59 Å². The van der Waals surface area contributed by atoms with E-state index < -0.39 is 0 Å². The summed E-state index contributed by atoms with van der Waals surface area (Å²) in [7, 11) is 0. The number of carbonyl (C=O) groups is 2. The van der Waals surface area contributed by atoms with Gasteiger partial charge in [-0.05, 0) is 32.1 Å². The lowest BCUT2D eigenvalue weighted by Crippen LogP contribution is -2.46. The van der Waals surface area contributed by atoms with Crippen molar-refractivity contribution in [3.8, 4) is 0 Å². The molecule has 0 aliphatic heterocycles. The zero-order valence-electron chi connectivity index (χ0n) is 13.6. The van der Waals surface area contributed by atoms with Crippen molar-refractivity contribution >= 4 is 11.7 Å². The van der Waals surface area contributed by atoms with Gasteiger partial charge >= 0.3 is 0 Å². The van der Waals surface area contributed by atoms with Gasteiger partial charge in [0.25, 0.3) is 0 Å². The average Bonchev–Trinajstić information content (AvgIpc) is 2.26. The Kier molecular flexibility index (Phi) is 7.32. The Labute approximate surface area is 118 Å². The first kappa shape index (κ1) is 18.1. The van der Waals surface area contributed by atoms with Gasteiger partial charge in [-0.25, -0.2) is 0 Å². The summed E-state index contributed by atoms with van der Waals surface area (Å²) in [6.45, 7) is 12.6. The van der Waals surface area contributed by atoms with Crippen molar-refractivity contribution in [3.63, 3.8) is 0 Å². The molecular formula is C16H31NO2. The standard InChI is InChI=1S/C16H31NO2/c1-7-13(18)10-9-11-14(19)17-16(5,6)12-15(3,4)8-2/h7-12H2,1-6H3,(H,17,19). The maximum Gasteiger partial charge on any atom is 0.220 e. The molecule has 3 nitrogen and oxygen atoms in total. The molecule has 0 saturated heterocycles. The van der Waals surface area contributed by atoms with Gasteiger partial charge in [-0.15, -0.1) is 0 Å². The van der Waals surface area contributed by atoms with E-state index >= 15 is 0 Å². The summed E-state index contributed by atoms with van der Waals surface area (Å²) in [6, 6.07) is 0. The Morgan fingerprint density at radius 1 is 1.00 bits per heavy atom. The number of carbonyl (C=O) groups excluding carboxylic acids is 2. The van der Waals surface area contributed by atoms with Gasteiger partial charge in [-0.2, -0.15) is 0 Å². The molecule has 3 heteroatoms. The molecule has 1 N–H and O–H groups in total. The van der Waals surface area contributed by atoms with Gasteiger partial charge in [0.15, 0.2) is 0 Å². The van der Waals surface area contributed by atoms with E-state index in [0.29, 0.717) is 25.7 Å². The Hall–Kier alpha value is -0.860. The predicted molar refractivity (Wildman–Crippen MR) is 80.1 cm³/mol. The monoisotopic (exact) mass is 269 g/mol. The maximum absolute atomic E-state index is 11.9. The Morgan fingerprint density at radius 3 is 2.05 bits per heavy atom. The molecule has 0 atom stereocenters. The molecule has 0 unspecified atom stereocenters. The van der Waals surface area contributed by atoms with Crippen LogP contribution in [0.25, 0.3) is 0 Å². The Morgan fingerprint density at radius 2 is 1.58 bits per heavy atom. The molecule has 0 bridgehead atoms. The quantitative estimate of drug-likeness (QED) is 0.691. The minimum atomic E-state index is -0.189. The summed E-state index contributed by atoms with van der Waals surface area (Å²) in [5.41, 5.74) is 0.0420. The topological polar surface area (TPSA) is 46.2 Å². The van der Waals surface area contributed by atoms with Crippen LogP contribution in [0.2, 0.25) is 0 Å². The van der Waals surface area contributed by atoms with Gasteiger partial charge in [0.05, 0.1) is 0 Å². The normalized spacial score (nSPS) is 12.3. The lowest BCUT2D eigenvalue weighted by molar-refractivity contribution is -0.123. The van der Waals surface area contributed by atoms with Gasteiger partial charge in [0, 0.05) is 24.8 Å². The smallest absolute Gasteiger partial charge is 0.220 e. The minimum absolute atomic E-state index is 0.0563. The summed E-state index contributed by atoms with van der Waals surface area (Å²) in [5, 5.41) is 3.09. The fraction of sp³-hybridized carbons (Fsp3) is 0.875. The lowest BCUT2D eigenvalue weighted by Gasteiger charge is -2.35. The molecule has 0 aliphatic rings. The maximum atomic E-state index is 11.9. The van der Waals surface area contributed by atoms with Gasteiger partial charge in [-0.1, -0.05) is 34.1 Å². The van der Waals surface area contributed by atoms with Gasteiger partial charge in [0.2, 0.25) is 5.91 Å². The highest BCUT2D eigenvalue weighted by atomic mass is 16.1. The number of hydrogen-bond donors (Lipinski definition) is 1.